The number of nitrogens with zero attached hydrogens (tertiary/aromatic N) is 2. The number of fused-ring (bicyclic) bond motifs is 1. The number of nitrogens with two attached hydrogens (primary N) is 1. The van der Waals surface area contributed by atoms with E-state index in [2.05, 4.69) is 14.7 Å². The van der Waals surface area contributed by atoms with Crippen LogP contribution in [0.3, 0.4) is 0 Å². The van der Waals surface area contributed by atoms with E-state index in [9.17, 15) is 13.2 Å². The third-order valence-corrected chi connectivity index (χ3v) is 3.61. The molecular weight excluding hydrogens is 351 g/mol. The summed E-state index contributed by atoms with van der Waals surface area (Å²) in [6, 6.07) is 9.91. The van der Waals surface area contributed by atoms with E-state index < -0.39 is 12.2 Å². The first-order valence-corrected chi connectivity index (χ1v) is 7.36. The minimum absolute atomic E-state index is 0.0869. The number of anilines is 1. The van der Waals surface area contributed by atoms with E-state index in [4.69, 9.17) is 15.2 Å². The molecular formula is C17H14F3N3O3. The maximum Gasteiger partial charge on any atom is 0.574 e. The largest absolute Gasteiger partial charge is 0.574 e. The lowest BCUT2D eigenvalue weighted by molar-refractivity contribution is -0.275. The lowest BCUT2D eigenvalue weighted by atomic mass is 10.0. The van der Waals surface area contributed by atoms with Crippen LogP contribution in [0.25, 0.3) is 22.0 Å². The molecule has 6 nitrogen and oxygen atoms in total. The number of benzene rings is 2. The lowest BCUT2D eigenvalue weighted by Crippen LogP contribution is -2.18. The second kappa shape index (κ2) is 6.58. The molecule has 0 spiro atoms. The van der Waals surface area contributed by atoms with Crippen LogP contribution in [-0.4, -0.2) is 30.5 Å². The minimum Gasteiger partial charge on any atom is -0.493 e. The van der Waals surface area contributed by atoms with Crippen molar-refractivity contribution in [1.29, 1.82) is 0 Å². The van der Waals surface area contributed by atoms with E-state index in [1.807, 2.05) is 0 Å². The maximum atomic E-state index is 12.7. The van der Waals surface area contributed by atoms with Gasteiger partial charge in [0.2, 0.25) is 11.8 Å². The highest BCUT2D eigenvalue weighted by Gasteiger charge is 2.33. The molecule has 26 heavy (non-hydrogen) atoms. The topological polar surface area (TPSA) is 79.5 Å². The van der Waals surface area contributed by atoms with E-state index in [1.54, 1.807) is 30.3 Å². The van der Waals surface area contributed by atoms with Crippen molar-refractivity contribution in [2.24, 2.45) is 0 Å². The molecule has 136 valence electrons. The molecule has 0 atom stereocenters. The van der Waals surface area contributed by atoms with Gasteiger partial charge in [0.15, 0.2) is 11.5 Å². The van der Waals surface area contributed by atoms with E-state index >= 15 is 0 Å². The zero-order chi connectivity index (χ0) is 18.9. The van der Waals surface area contributed by atoms with Crippen molar-refractivity contribution >= 4 is 16.9 Å². The van der Waals surface area contributed by atoms with Gasteiger partial charge in [-0.1, -0.05) is 12.1 Å². The predicted molar refractivity (Wildman–Crippen MR) is 89.2 cm³/mol. The quantitative estimate of drug-likeness (QED) is 0.758. The van der Waals surface area contributed by atoms with Crippen molar-refractivity contribution in [2.45, 2.75) is 6.36 Å². The number of alkyl halides is 3. The zero-order valence-electron chi connectivity index (χ0n) is 13.8. The Bertz CT molecular complexity index is 961. The van der Waals surface area contributed by atoms with Gasteiger partial charge in [0.05, 0.1) is 25.1 Å². The van der Waals surface area contributed by atoms with Gasteiger partial charge >= 0.3 is 6.36 Å². The molecule has 0 aliphatic carbocycles. The Morgan fingerprint density at radius 2 is 1.54 bits per heavy atom. The van der Waals surface area contributed by atoms with Crippen molar-refractivity contribution < 1.29 is 27.4 Å². The Hall–Kier alpha value is -3.23. The number of nitrogen functional groups attached to an aromatic ring is 1. The Balaban J connectivity index is 2.14. The van der Waals surface area contributed by atoms with Gasteiger partial charge in [-0.2, -0.15) is 4.98 Å². The molecule has 0 fully saturated rings. The summed E-state index contributed by atoms with van der Waals surface area (Å²) in [6.07, 6.45) is -4.90. The molecule has 2 aromatic carbocycles. The molecule has 0 radical (unpaired) electrons. The van der Waals surface area contributed by atoms with Crippen LogP contribution < -0.4 is 19.9 Å². The van der Waals surface area contributed by atoms with Crippen molar-refractivity contribution in [3.63, 3.8) is 0 Å². The van der Waals surface area contributed by atoms with Crippen LogP contribution in [0.15, 0.2) is 36.4 Å². The van der Waals surface area contributed by atoms with Gasteiger partial charge in [-0.15, -0.1) is 13.2 Å². The summed E-state index contributed by atoms with van der Waals surface area (Å²) < 4.78 is 52.4. The predicted octanol–water partition coefficient (Wildman–Crippen LogP) is 3.79. The van der Waals surface area contributed by atoms with Gasteiger partial charge in [0, 0.05) is 0 Å². The molecule has 0 unspecified atom stereocenters. The Kier molecular flexibility index (Phi) is 4.45. The number of hydrogen-bond donors (Lipinski definition) is 1. The van der Waals surface area contributed by atoms with Crippen LogP contribution in [0.5, 0.6) is 17.4 Å². The normalized spacial score (nSPS) is 11.4. The summed E-state index contributed by atoms with van der Waals surface area (Å²) in [5.41, 5.74) is 7.03. The standard InChI is InChI=1S/C17H14F3N3O3/c1-24-13-6-4-10(8-14(13)25-2)9-3-5-12-11(7-9)15(23-16(21)22-12)26-17(18,19)20/h3-8H,1-2H3,(H2,21,22,23). The first-order chi connectivity index (χ1) is 12.3. The van der Waals surface area contributed by atoms with Crippen molar-refractivity contribution in [3.05, 3.63) is 36.4 Å². The first-order valence-electron chi connectivity index (χ1n) is 7.36. The molecule has 3 rings (SSSR count). The highest BCUT2D eigenvalue weighted by Crippen LogP contribution is 2.35. The average molecular weight is 365 g/mol. The molecule has 0 saturated heterocycles. The van der Waals surface area contributed by atoms with Crippen molar-refractivity contribution in [1.82, 2.24) is 9.97 Å². The Morgan fingerprint density at radius 3 is 2.19 bits per heavy atom. The van der Waals surface area contributed by atoms with E-state index in [-0.39, 0.29) is 16.9 Å². The van der Waals surface area contributed by atoms with Gasteiger partial charge in [-0.3, -0.25) is 0 Å². The van der Waals surface area contributed by atoms with Crippen molar-refractivity contribution in [3.8, 4) is 28.5 Å². The molecule has 3 aromatic rings. The van der Waals surface area contributed by atoms with E-state index in [0.717, 1.165) is 0 Å². The number of hydrogen-bond acceptors (Lipinski definition) is 6. The van der Waals surface area contributed by atoms with E-state index in [1.165, 1.54) is 20.3 Å². The molecule has 1 heterocycles. The number of aromatic nitrogens is 2. The number of ether oxygens (including phenoxy) is 3. The third-order valence-electron chi connectivity index (χ3n) is 3.61. The van der Waals surface area contributed by atoms with Gasteiger partial charge in [0.1, 0.15) is 0 Å². The van der Waals surface area contributed by atoms with E-state index in [0.29, 0.717) is 22.6 Å². The summed E-state index contributed by atoms with van der Waals surface area (Å²) >= 11 is 0. The fourth-order valence-electron chi connectivity index (χ4n) is 2.50. The highest BCUT2D eigenvalue weighted by atomic mass is 19.4. The molecule has 0 bridgehead atoms. The molecule has 2 N–H and O–H groups in total. The van der Waals surface area contributed by atoms with Crippen LogP contribution >= 0.6 is 0 Å². The second-order valence-corrected chi connectivity index (χ2v) is 5.24. The molecule has 1 aromatic heterocycles. The van der Waals surface area contributed by atoms with Gasteiger partial charge in [-0.25, -0.2) is 4.98 Å². The minimum atomic E-state index is -4.90. The summed E-state index contributed by atoms with van der Waals surface area (Å²) in [5, 5.41) is 0.0869. The van der Waals surface area contributed by atoms with Gasteiger partial charge in [-0.05, 0) is 35.4 Å². The average Bonchev–Trinajstić information content (AvgIpc) is 2.59. The fourth-order valence-corrected chi connectivity index (χ4v) is 2.50. The summed E-state index contributed by atoms with van der Waals surface area (Å²) in [5.74, 6) is 0.0672. The van der Waals surface area contributed by atoms with Crippen LogP contribution in [0.4, 0.5) is 19.1 Å². The van der Waals surface area contributed by atoms with Gasteiger partial charge < -0.3 is 19.9 Å². The molecule has 0 amide bonds. The number of halogens is 3. The maximum absolute atomic E-state index is 12.7. The van der Waals surface area contributed by atoms with Crippen LogP contribution in [-0.2, 0) is 0 Å². The molecule has 0 saturated carbocycles. The highest BCUT2D eigenvalue weighted by molar-refractivity contribution is 5.89. The number of rotatable bonds is 4. The third kappa shape index (κ3) is 3.56. The molecule has 0 aliphatic rings. The number of methoxy groups -OCH3 is 2. The Labute approximate surface area is 146 Å². The molecule has 9 heteroatoms. The van der Waals surface area contributed by atoms with Crippen molar-refractivity contribution in [2.75, 3.05) is 20.0 Å². The lowest BCUT2D eigenvalue weighted by Gasteiger charge is -2.13. The zero-order valence-corrected chi connectivity index (χ0v) is 13.8. The first kappa shape index (κ1) is 17.6. The smallest absolute Gasteiger partial charge is 0.493 e. The van der Waals surface area contributed by atoms with Crippen LogP contribution in [0, 0.1) is 0 Å². The SMILES string of the molecule is COc1ccc(-c2ccc3nc(N)nc(OC(F)(F)F)c3c2)cc1OC. The second-order valence-electron chi connectivity index (χ2n) is 5.24. The Morgan fingerprint density at radius 1 is 0.885 bits per heavy atom. The van der Waals surface area contributed by atoms with Crippen LogP contribution in [0.1, 0.15) is 0 Å². The fraction of sp³-hybridized carbons (Fsp3) is 0.176. The summed E-state index contributed by atoms with van der Waals surface area (Å²) in [4.78, 5) is 7.50. The van der Waals surface area contributed by atoms with Gasteiger partial charge in [0.25, 0.3) is 0 Å². The monoisotopic (exact) mass is 365 g/mol. The van der Waals surface area contributed by atoms with Crippen LogP contribution in [0.2, 0.25) is 0 Å². The summed E-state index contributed by atoms with van der Waals surface area (Å²) in [7, 11) is 3.00. The summed E-state index contributed by atoms with van der Waals surface area (Å²) in [6.45, 7) is 0. The molecule has 0 aliphatic heterocycles.